The van der Waals surface area contributed by atoms with Gasteiger partial charge in [0, 0.05) is 17.1 Å². The van der Waals surface area contributed by atoms with E-state index < -0.39 is 0 Å². The van der Waals surface area contributed by atoms with E-state index in [0.717, 1.165) is 6.54 Å². The van der Waals surface area contributed by atoms with E-state index in [1.54, 1.807) is 0 Å². The Kier molecular flexibility index (Phi) is 2.45. The molecule has 3 rings (SSSR count). The second-order valence-electron chi connectivity index (χ2n) is 4.32. The van der Waals surface area contributed by atoms with Crippen LogP contribution in [0.4, 0.5) is 5.69 Å². The monoisotopic (exact) mass is 266 g/mol. The summed E-state index contributed by atoms with van der Waals surface area (Å²) in [5.41, 5.74) is 2.77. The summed E-state index contributed by atoms with van der Waals surface area (Å²) in [5, 5.41) is 3.49. The number of halogens is 1. The van der Waals surface area contributed by atoms with Crippen molar-refractivity contribution in [2.75, 3.05) is 25.0 Å². The summed E-state index contributed by atoms with van der Waals surface area (Å²) < 4.78 is 1.20. The van der Waals surface area contributed by atoms with Gasteiger partial charge in [-0.05, 0) is 53.5 Å². The topological polar surface area (TPSA) is 15.3 Å². The number of likely N-dealkylation sites (tertiary alicyclic amines) is 1. The molecular weight excluding hydrogens is 252 g/mol. The van der Waals surface area contributed by atoms with E-state index in [9.17, 15) is 0 Å². The van der Waals surface area contributed by atoms with Crippen molar-refractivity contribution in [1.29, 1.82) is 0 Å². The Morgan fingerprint density at radius 1 is 1.33 bits per heavy atom. The van der Waals surface area contributed by atoms with Gasteiger partial charge in [-0.15, -0.1) is 0 Å². The minimum absolute atomic E-state index is 0.646. The molecule has 0 spiro atoms. The van der Waals surface area contributed by atoms with Gasteiger partial charge in [-0.3, -0.25) is 4.90 Å². The average molecular weight is 267 g/mol. The maximum Gasteiger partial charge on any atom is 0.0533 e. The van der Waals surface area contributed by atoms with Gasteiger partial charge in [0.1, 0.15) is 0 Å². The molecule has 3 heteroatoms. The van der Waals surface area contributed by atoms with Crippen LogP contribution in [0.1, 0.15) is 24.4 Å². The number of fused-ring (bicyclic) bond motifs is 1. The fourth-order valence-electron chi connectivity index (χ4n) is 2.53. The first kappa shape index (κ1) is 9.67. The van der Waals surface area contributed by atoms with Gasteiger partial charge < -0.3 is 5.32 Å². The van der Waals surface area contributed by atoms with E-state index in [1.807, 2.05) is 0 Å². The van der Waals surface area contributed by atoms with Crippen LogP contribution in [0, 0.1) is 0 Å². The molecule has 1 unspecified atom stereocenters. The van der Waals surface area contributed by atoms with E-state index in [-0.39, 0.29) is 0 Å². The summed E-state index contributed by atoms with van der Waals surface area (Å²) >= 11 is 3.62. The molecule has 0 bridgehead atoms. The molecule has 2 nitrogen and oxygen atoms in total. The Labute approximate surface area is 98.8 Å². The maximum absolute atomic E-state index is 3.62. The van der Waals surface area contributed by atoms with Crippen molar-refractivity contribution >= 4 is 21.6 Å². The molecule has 2 aliphatic heterocycles. The van der Waals surface area contributed by atoms with Crippen LogP contribution >= 0.6 is 15.9 Å². The molecule has 1 N–H and O–H groups in total. The Balaban J connectivity index is 1.98. The normalized spacial score (nSPS) is 25.3. The second kappa shape index (κ2) is 3.80. The largest absolute Gasteiger partial charge is 0.384 e. The van der Waals surface area contributed by atoms with Crippen LogP contribution in [0.25, 0.3) is 0 Å². The van der Waals surface area contributed by atoms with E-state index in [0.29, 0.717) is 6.04 Å². The predicted octanol–water partition coefficient (Wildman–Crippen LogP) is 3.01. The highest BCUT2D eigenvalue weighted by atomic mass is 79.9. The highest BCUT2D eigenvalue weighted by Gasteiger charge is 2.29. The number of hydrogen-bond acceptors (Lipinski definition) is 2. The number of anilines is 1. The minimum Gasteiger partial charge on any atom is -0.384 e. The predicted molar refractivity (Wildman–Crippen MR) is 66.2 cm³/mol. The molecule has 0 amide bonds. The van der Waals surface area contributed by atoms with Gasteiger partial charge in [-0.1, -0.05) is 12.1 Å². The van der Waals surface area contributed by atoms with Crippen LogP contribution in [0.5, 0.6) is 0 Å². The molecule has 1 aromatic carbocycles. The van der Waals surface area contributed by atoms with Gasteiger partial charge in [0.15, 0.2) is 0 Å². The van der Waals surface area contributed by atoms with Gasteiger partial charge in [0.25, 0.3) is 0 Å². The lowest BCUT2D eigenvalue weighted by molar-refractivity contribution is 0.112. The number of para-hydroxylation sites is 1. The quantitative estimate of drug-likeness (QED) is 0.841. The molecule has 2 heterocycles. The highest BCUT2D eigenvalue weighted by Crippen LogP contribution is 2.39. The number of benzene rings is 1. The maximum atomic E-state index is 3.62. The first-order valence-electron chi connectivity index (χ1n) is 5.62. The van der Waals surface area contributed by atoms with E-state index >= 15 is 0 Å². The van der Waals surface area contributed by atoms with Crippen molar-refractivity contribution in [1.82, 2.24) is 4.90 Å². The Hall–Kier alpha value is -0.540. The van der Waals surface area contributed by atoms with E-state index in [4.69, 9.17) is 0 Å². The molecule has 15 heavy (non-hydrogen) atoms. The first-order valence-corrected chi connectivity index (χ1v) is 6.42. The molecule has 0 aliphatic carbocycles. The zero-order valence-electron chi connectivity index (χ0n) is 8.67. The number of hydrogen-bond donors (Lipinski definition) is 1. The Bertz CT molecular complexity index is 374. The van der Waals surface area contributed by atoms with Crippen molar-refractivity contribution in [3.63, 3.8) is 0 Å². The number of nitrogens with zero attached hydrogens (tertiary/aromatic N) is 1. The van der Waals surface area contributed by atoms with Crippen molar-refractivity contribution in [2.24, 2.45) is 0 Å². The van der Waals surface area contributed by atoms with Crippen LogP contribution in [0.15, 0.2) is 22.7 Å². The molecule has 1 atom stereocenters. The molecule has 1 saturated heterocycles. The smallest absolute Gasteiger partial charge is 0.0533 e. The average Bonchev–Trinajstić information content (AvgIpc) is 2.17. The lowest BCUT2D eigenvalue weighted by Crippen LogP contribution is -2.42. The third-order valence-corrected chi connectivity index (χ3v) is 4.12. The zero-order valence-corrected chi connectivity index (χ0v) is 10.3. The Morgan fingerprint density at radius 3 is 2.93 bits per heavy atom. The molecule has 1 fully saturated rings. The third kappa shape index (κ3) is 1.58. The summed E-state index contributed by atoms with van der Waals surface area (Å²) in [6.45, 7) is 3.64. The molecule has 1 aromatic rings. The van der Waals surface area contributed by atoms with Gasteiger partial charge in [-0.2, -0.15) is 0 Å². The van der Waals surface area contributed by atoms with Crippen molar-refractivity contribution in [3.8, 4) is 0 Å². The lowest BCUT2D eigenvalue weighted by atomic mass is 9.94. The summed E-state index contributed by atoms with van der Waals surface area (Å²) in [6.07, 6.45) is 2.61. The summed E-state index contributed by atoms with van der Waals surface area (Å²) in [6, 6.07) is 7.16. The van der Waals surface area contributed by atoms with Crippen LogP contribution in [0.3, 0.4) is 0 Å². The van der Waals surface area contributed by atoms with Crippen LogP contribution in [-0.2, 0) is 0 Å². The van der Waals surface area contributed by atoms with Crippen molar-refractivity contribution in [2.45, 2.75) is 18.9 Å². The van der Waals surface area contributed by atoms with Crippen LogP contribution in [-0.4, -0.2) is 24.5 Å². The highest BCUT2D eigenvalue weighted by molar-refractivity contribution is 9.10. The van der Waals surface area contributed by atoms with Crippen LogP contribution in [0.2, 0.25) is 0 Å². The Morgan fingerprint density at radius 2 is 2.20 bits per heavy atom. The summed E-state index contributed by atoms with van der Waals surface area (Å²) in [5.74, 6) is 0. The SMILES string of the molecule is Brc1cccc2c1NCCC2N1CCC1. The zero-order chi connectivity index (χ0) is 10.3. The fourth-order valence-corrected chi connectivity index (χ4v) is 3.05. The van der Waals surface area contributed by atoms with Gasteiger partial charge in [0.05, 0.1) is 5.69 Å². The van der Waals surface area contributed by atoms with Gasteiger partial charge >= 0.3 is 0 Å². The third-order valence-electron chi connectivity index (χ3n) is 3.46. The van der Waals surface area contributed by atoms with Crippen molar-refractivity contribution in [3.05, 3.63) is 28.2 Å². The molecule has 0 radical (unpaired) electrons. The number of rotatable bonds is 1. The van der Waals surface area contributed by atoms with Crippen molar-refractivity contribution < 1.29 is 0 Å². The fraction of sp³-hybridized carbons (Fsp3) is 0.500. The second-order valence-corrected chi connectivity index (χ2v) is 5.18. The minimum atomic E-state index is 0.646. The van der Waals surface area contributed by atoms with E-state index in [1.165, 1.54) is 41.7 Å². The van der Waals surface area contributed by atoms with Gasteiger partial charge in [0.2, 0.25) is 0 Å². The standard InChI is InChI=1S/C12H15BrN2/c13-10-4-1-3-9-11(15-7-2-8-15)5-6-14-12(9)10/h1,3-4,11,14H,2,5-8H2. The van der Waals surface area contributed by atoms with E-state index in [2.05, 4.69) is 44.3 Å². The first-order chi connectivity index (χ1) is 7.36. The lowest BCUT2D eigenvalue weighted by Gasteiger charge is -2.41. The van der Waals surface area contributed by atoms with Gasteiger partial charge in [-0.25, -0.2) is 0 Å². The number of nitrogens with one attached hydrogen (secondary N) is 1. The summed E-state index contributed by atoms with van der Waals surface area (Å²) in [4.78, 5) is 2.59. The molecule has 0 aromatic heterocycles. The molecule has 0 saturated carbocycles. The summed E-state index contributed by atoms with van der Waals surface area (Å²) in [7, 11) is 0. The van der Waals surface area contributed by atoms with Crippen LogP contribution < -0.4 is 5.32 Å². The molecule has 2 aliphatic rings. The molecular formula is C12H15BrN2. The molecule has 80 valence electrons.